The third kappa shape index (κ3) is 5.87. The van der Waals surface area contributed by atoms with Crippen molar-refractivity contribution in [2.75, 3.05) is 11.9 Å². The molecule has 2 aromatic rings. The number of nitrogens with zero attached hydrogens (tertiary/aromatic N) is 3. The third-order valence-electron chi connectivity index (χ3n) is 3.54. The third-order valence-corrected chi connectivity index (χ3v) is 4.11. The molecule has 5 nitrogen and oxygen atoms in total. The highest BCUT2D eigenvalue weighted by Crippen LogP contribution is 2.34. The standard InChI is InChI=1S/C19H20BrN3O2/c20-12-5-1-2-6-13-25-18-11-7-8-15(14-21)19(18)23-22-16-9-3-4-10-17(16)24/h3-4,7-11,24H,1-2,5-6,12-13H2. The summed E-state index contributed by atoms with van der Waals surface area (Å²) in [6.45, 7) is 0.566. The summed E-state index contributed by atoms with van der Waals surface area (Å²) in [7, 11) is 0. The van der Waals surface area contributed by atoms with Crippen LogP contribution in [0.5, 0.6) is 11.5 Å². The van der Waals surface area contributed by atoms with Gasteiger partial charge in [0.2, 0.25) is 0 Å². The SMILES string of the molecule is N#Cc1cccc(OCCCCCCBr)c1N=Nc1ccccc1O. The predicted octanol–water partition coefficient (Wildman–Crippen LogP) is 6.01. The van der Waals surface area contributed by atoms with Crippen LogP contribution in [0.25, 0.3) is 0 Å². The van der Waals surface area contributed by atoms with E-state index < -0.39 is 0 Å². The smallest absolute Gasteiger partial charge is 0.148 e. The van der Waals surface area contributed by atoms with E-state index in [0.29, 0.717) is 29.3 Å². The quantitative estimate of drug-likeness (QED) is 0.317. The minimum atomic E-state index is 0.0370. The Morgan fingerprint density at radius 1 is 1.00 bits per heavy atom. The van der Waals surface area contributed by atoms with Crippen molar-refractivity contribution in [2.45, 2.75) is 25.7 Å². The molecule has 0 aliphatic rings. The Kier molecular flexibility index (Phi) is 7.93. The number of azo groups is 1. The van der Waals surface area contributed by atoms with E-state index in [4.69, 9.17) is 4.74 Å². The largest absolute Gasteiger partial charge is 0.506 e. The minimum absolute atomic E-state index is 0.0370. The van der Waals surface area contributed by atoms with Crippen LogP contribution in [0.3, 0.4) is 0 Å². The van der Waals surface area contributed by atoms with Crippen molar-refractivity contribution in [3.63, 3.8) is 0 Å². The summed E-state index contributed by atoms with van der Waals surface area (Å²) >= 11 is 3.42. The molecule has 0 spiro atoms. The zero-order valence-electron chi connectivity index (χ0n) is 13.9. The summed E-state index contributed by atoms with van der Waals surface area (Å²) < 4.78 is 5.80. The number of nitriles is 1. The molecule has 0 atom stereocenters. The van der Waals surface area contributed by atoms with E-state index in [1.165, 1.54) is 6.07 Å². The molecule has 0 aliphatic heterocycles. The minimum Gasteiger partial charge on any atom is -0.506 e. The molecule has 0 heterocycles. The van der Waals surface area contributed by atoms with Crippen molar-refractivity contribution in [3.8, 4) is 17.6 Å². The summed E-state index contributed by atoms with van der Waals surface area (Å²) in [6.07, 6.45) is 4.36. The number of alkyl halides is 1. The lowest BCUT2D eigenvalue weighted by atomic mass is 10.2. The molecule has 2 aromatic carbocycles. The fraction of sp³-hybridized carbons (Fsp3) is 0.316. The van der Waals surface area contributed by atoms with Crippen LogP contribution in [-0.2, 0) is 0 Å². The van der Waals surface area contributed by atoms with Crippen molar-refractivity contribution >= 4 is 27.3 Å². The maximum absolute atomic E-state index is 9.78. The summed E-state index contributed by atoms with van der Waals surface area (Å²) in [5.74, 6) is 0.564. The van der Waals surface area contributed by atoms with E-state index in [0.717, 1.165) is 31.0 Å². The average molecular weight is 402 g/mol. The molecular weight excluding hydrogens is 382 g/mol. The number of para-hydroxylation sites is 1. The molecule has 0 saturated carbocycles. The molecule has 0 aliphatic carbocycles. The van der Waals surface area contributed by atoms with Gasteiger partial charge in [0.25, 0.3) is 0 Å². The van der Waals surface area contributed by atoms with E-state index in [1.54, 1.807) is 36.4 Å². The van der Waals surface area contributed by atoms with E-state index >= 15 is 0 Å². The maximum Gasteiger partial charge on any atom is 0.148 e. The molecule has 130 valence electrons. The first-order chi connectivity index (χ1) is 12.3. The van der Waals surface area contributed by atoms with Crippen molar-refractivity contribution in [1.29, 1.82) is 5.26 Å². The fourth-order valence-electron chi connectivity index (χ4n) is 2.22. The van der Waals surface area contributed by atoms with Crippen LogP contribution in [0, 0.1) is 11.3 Å². The molecule has 0 saturated heterocycles. The number of hydrogen-bond donors (Lipinski definition) is 1. The van der Waals surface area contributed by atoms with Crippen LogP contribution in [0.4, 0.5) is 11.4 Å². The second-order valence-electron chi connectivity index (χ2n) is 5.40. The number of halogens is 1. The van der Waals surface area contributed by atoms with E-state index in [9.17, 15) is 10.4 Å². The van der Waals surface area contributed by atoms with Crippen molar-refractivity contribution in [3.05, 3.63) is 48.0 Å². The fourth-order valence-corrected chi connectivity index (χ4v) is 2.61. The zero-order chi connectivity index (χ0) is 17.9. The van der Waals surface area contributed by atoms with E-state index in [1.807, 2.05) is 0 Å². The Morgan fingerprint density at radius 2 is 1.80 bits per heavy atom. The first kappa shape index (κ1) is 18.9. The predicted molar refractivity (Wildman–Crippen MR) is 101 cm³/mol. The molecule has 0 aromatic heterocycles. The summed E-state index contributed by atoms with van der Waals surface area (Å²) in [5, 5.41) is 28.3. The maximum atomic E-state index is 9.78. The molecule has 25 heavy (non-hydrogen) atoms. The number of ether oxygens (including phenoxy) is 1. The van der Waals surface area contributed by atoms with Gasteiger partial charge in [0.15, 0.2) is 0 Å². The number of hydrogen-bond acceptors (Lipinski definition) is 5. The number of phenolic OH excluding ortho intramolecular Hbond substituents is 1. The molecule has 1 N–H and O–H groups in total. The number of aromatic hydroxyl groups is 1. The first-order valence-electron chi connectivity index (χ1n) is 8.18. The van der Waals surface area contributed by atoms with Gasteiger partial charge in [0, 0.05) is 5.33 Å². The molecular formula is C19H20BrN3O2. The first-order valence-corrected chi connectivity index (χ1v) is 9.30. The Balaban J connectivity index is 2.10. The Hall–Kier alpha value is -2.39. The van der Waals surface area contributed by atoms with Gasteiger partial charge in [-0.2, -0.15) is 5.26 Å². The lowest BCUT2D eigenvalue weighted by Gasteiger charge is -2.09. The average Bonchev–Trinajstić information content (AvgIpc) is 2.64. The molecule has 0 bridgehead atoms. The van der Waals surface area contributed by atoms with Crippen LogP contribution < -0.4 is 4.74 Å². The molecule has 2 rings (SSSR count). The van der Waals surface area contributed by atoms with Gasteiger partial charge in [-0.1, -0.05) is 47.0 Å². The Morgan fingerprint density at radius 3 is 2.56 bits per heavy atom. The molecule has 0 radical (unpaired) electrons. The van der Waals surface area contributed by atoms with Gasteiger partial charge in [-0.05, 0) is 37.1 Å². The topological polar surface area (TPSA) is 78.0 Å². The van der Waals surface area contributed by atoms with Crippen molar-refractivity contribution in [1.82, 2.24) is 0 Å². The van der Waals surface area contributed by atoms with Crippen molar-refractivity contribution < 1.29 is 9.84 Å². The highest BCUT2D eigenvalue weighted by Gasteiger charge is 2.09. The lowest BCUT2D eigenvalue weighted by Crippen LogP contribution is -1.98. The second kappa shape index (κ2) is 10.5. The van der Waals surface area contributed by atoms with Crippen LogP contribution in [-0.4, -0.2) is 17.0 Å². The van der Waals surface area contributed by atoms with Crippen LogP contribution in [0.2, 0.25) is 0 Å². The second-order valence-corrected chi connectivity index (χ2v) is 6.20. The van der Waals surface area contributed by atoms with Gasteiger partial charge in [-0.3, -0.25) is 0 Å². The van der Waals surface area contributed by atoms with Gasteiger partial charge in [0.05, 0.1) is 12.2 Å². The number of benzene rings is 2. The van der Waals surface area contributed by atoms with Gasteiger partial charge in [-0.25, -0.2) is 0 Å². The van der Waals surface area contributed by atoms with Gasteiger partial charge < -0.3 is 9.84 Å². The van der Waals surface area contributed by atoms with E-state index in [2.05, 4.69) is 32.2 Å². The number of phenols is 1. The number of unbranched alkanes of at least 4 members (excludes halogenated alkanes) is 3. The highest BCUT2D eigenvalue weighted by molar-refractivity contribution is 9.09. The molecule has 0 unspecified atom stereocenters. The van der Waals surface area contributed by atoms with Crippen LogP contribution in [0.1, 0.15) is 31.2 Å². The molecule has 6 heteroatoms. The molecule has 0 fully saturated rings. The van der Waals surface area contributed by atoms with Gasteiger partial charge in [-0.15, -0.1) is 10.2 Å². The molecule has 0 amide bonds. The Labute approximate surface area is 156 Å². The summed E-state index contributed by atoms with van der Waals surface area (Å²) in [6, 6.07) is 14.0. The summed E-state index contributed by atoms with van der Waals surface area (Å²) in [5.41, 5.74) is 1.11. The van der Waals surface area contributed by atoms with Crippen molar-refractivity contribution in [2.24, 2.45) is 10.2 Å². The van der Waals surface area contributed by atoms with Crippen LogP contribution >= 0.6 is 15.9 Å². The van der Waals surface area contributed by atoms with Gasteiger partial charge in [0.1, 0.15) is 28.9 Å². The number of rotatable bonds is 9. The van der Waals surface area contributed by atoms with Crippen LogP contribution in [0.15, 0.2) is 52.7 Å². The van der Waals surface area contributed by atoms with Gasteiger partial charge >= 0.3 is 0 Å². The highest BCUT2D eigenvalue weighted by atomic mass is 79.9. The zero-order valence-corrected chi connectivity index (χ0v) is 15.4. The monoisotopic (exact) mass is 401 g/mol. The lowest BCUT2D eigenvalue weighted by molar-refractivity contribution is 0.306. The normalized spacial score (nSPS) is 10.7. The Bertz CT molecular complexity index is 757. The van der Waals surface area contributed by atoms with E-state index in [-0.39, 0.29) is 5.75 Å². The summed E-state index contributed by atoms with van der Waals surface area (Å²) in [4.78, 5) is 0.